The highest BCUT2D eigenvalue weighted by molar-refractivity contribution is 9.10. The second-order valence-electron chi connectivity index (χ2n) is 5.86. The molecule has 0 saturated carbocycles. The van der Waals surface area contributed by atoms with Gasteiger partial charge in [-0.2, -0.15) is 0 Å². The maximum absolute atomic E-state index is 11.7. The maximum Gasteiger partial charge on any atom is 0.408 e. The van der Waals surface area contributed by atoms with Crippen LogP contribution < -0.4 is 10.1 Å². The molecule has 1 amide bonds. The van der Waals surface area contributed by atoms with E-state index < -0.39 is 23.7 Å². The smallest absolute Gasteiger partial charge is 0.408 e. The van der Waals surface area contributed by atoms with Crippen LogP contribution >= 0.6 is 15.9 Å². The fourth-order valence-electron chi connectivity index (χ4n) is 1.78. The van der Waals surface area contributed by atoms with Crippen molar-refractivity contribution in [3.63, 3.8) is 0 Å². The SMILES string of the molecule is COc1cc(Br)c(CC(NC(=O)OC(C)(C)C)C(=O)O)cc1O. The van der Waals surface area contributed by atoms with Crippen LogP contribution in [0.4, 0.5) is 4.79 Å². The van der Waals surface area contributed by atoms with Crippen molar-refractivity contribution < 1.29 is 29.3 Å². The summed E-state index contributed by atoms with van der Waals surface area (Å²) in [6.45, 7) is 5.04. The van der Waals surface area contributed by atoms with Gasteiger partial charge in [-0.25, -0.2) is 9.59 Å². The van der Waals surface area contributed by atoms with Gasteiger partial charge in [-0.3, -0.25) is 0 Å². The van der Waals surface area contributed by atoms with Crippen molar-refractivity contribution >= 4 is 28.0 Å². The average Bonchev–Trinajstić information content (AvgIpc) is 2.39. The number of halogens is 1. The monoisotopic (exact) mass is 389 g/mol. The molecule has 0 aliphatic carbocycles. The van der Waals surface area contributed by atoms with Gasteiger partial charge in [-0.05, 0) is 38.5 Å². The summed E-state index contributed by atoms with van der Waals surface area (Å²) in [4.78, 5) is 23.1. The Bertz CT molecular complexity index is 596. The Morgan fingerprint density at radius 2 is 1.96 bits per heavy atom. The molecule has 23 heavy (non-hydrogen) atoms. The number of nitrogens with one attached hydrogen (secondary N) is 1. The van der Waals surface area contributed by atoms with E-state index in [9.17, 15) is 19.8 Å². The Hall–Kier alpha value is -1.96. The van der Waals surface area contributed by atoms with Crippen molar-refractivity contribution in [1.82, 2.24) is 5.32 Å². The van der Waals surface area contributed by atoms with Crippen molar-refractivity contribution in [3.8, 4) is 11.5 Å². The van der Waals surface area contributed by atoms with Crippen LogP contribution in [0.5, 0.6) is 11.5 Å². The lowest BCUT2D eigenvalue weighted by Gasteiger charge is -2.22. The van der Waals surface area contributed by atoms with Crippen molar-refractivity contribution in [2.24, 2.45) is 0 Å². The molecular weight excluding hydrogens is 370 g/mol. The number of amides is 1. The predicted octanol–water partition coefficient (Wildman–Crippen LogP) is 2.68. The van der Waals surface area contributed by atoms with Crippen molar-refractivity contribution in [3.05, 3.63) is 22.2 Å². The number of hydrogen-bond acceptors (Lipinski definition) is 5. The molecule has 0 radical (unpaired) electrons. The standard InChI is InChI=1S/C15H20BrNO6/c1-15(2,3)23-14(21)17-10(13(19)20)5-8-6-11(18)12(22-4)7-9(8)16/h6-7,10,18H,5H2,1-4H3,(H,17,21)(H,19,20). The number of carbonyl (C=O) groups is 2. The zero-order valence-electron chi connectivity index (χ0n) is 13.3. The third-order valence-corrected chi connectivity index (χ3v) is 3.50. The van der Waals surface area contributed by atoms with Crippen LogP contribution in [-0.2, 0) is 16.0 Å². The molecule has 0 bridgehead atoms. The molecular formula is C15H20BrNO6. The Balaban J connectivity index is 2.91. The summed E-state index contributed by atoms with van der Waals surface area (Å²) in [5.74, 6) is -1.07. The van der Waals surface area contributed by atoms with E-state index in [1.54, 1.807) is 20.8 Å². The fourth-order valence-corrected chi connectivity index (χ4v) is 2.26. The van der Waals surface area contributed by atoms with Crippen LogP contribution in [0.1, 0.15) is 26.3 Å². The lowest BCUT2D eigenvalue weighted by Crippen LogP contribution is -2.44. The highest BCUT2D eigenvalue weighted by atomic mass is 79.9. The molecule has 8 heteroatoms. The summed E-state index contributed by atoms with van der Waals surface area (Å²) < 4.78 is 10.6. The molecule has 0 aliphatic heterocycles. The van der Waals surface area contributed by atoms with E-state index in [1.807, 2.05) is 0 Å². The molecule has 1 unspecified atom stereocenters. The van der Waals surface area contributed by atoms with E-state index in [0.29, 0.717) is 10.0 Å². The van der Waals surface area contributed by atoms with Gasteiger partial charge in [0.1, 0.15) is 11.6 Å². The minimum absolute atomic E-state index is 0.0350. The molecule has 1 aromatic carbocycles. The summed E-state index contributed by atoms with van der Waals surface area (Å²) in [6.07, 6.45) is -0.856. The molecule has 1 aromatic rings. The Kier molecular flexibility index (Phi) is 6.26. The van der Waals surface area contributed by atoms with E-state index in [0.717, 1.165) is 0 Å². The molecule has 1 atom stereocenters. The Labute approximate surface area is 142 Å². The van der Waals surface area contributed by atoms with Gasteiger partial charge in [0.2, 0.25) is 0 Å². The van der Waals surface area contributed by atoms with E-state index in [4.69, 9.17) is 9.47 Å². The average molecular weight is 390 g/mol. The van der Waals surface area contributed by atoms with Gasteiger partial charge in [0, 0.05) is 10.9 Å². The number of ether oxygens (including phenoxy) is 2. The molecule has 128 valence electrons. The second-order valence-corrected chi connectivity index (χ2v) is 6.71. The third kappa shape index (κ3) is 5.97. The predicted molar refractivity (Wildman–Crippen MR) is 86.9 cm³/mol. The van der Waals surface area contributed by atoms with Crippen LogP contribution in [0.15, 0.2) is 16.6 Å². The number of phenolic OH excluding ortho intramolecular Hbond substituents is 1. The van der Waals surface area contributed by atoms with Crippen molar-refractivity contribution in [1.29, 1.82) is 0 Å². The quantitative estimate of drug-likeness (QED) is 0.714. The van der Waals surface area contributed by atoms with Crippen LogP contribution in [0.25, 0.3) is 0 Å². The number of aromatic hydroxyl groups is 1. The molecule has 1 rings (SSSR count). The summed E-state index contributed by atoms with van der Waals surface area (Å²) in [6, 6.07) is 1.71. The second kappa shape index (κ2) is 7.54. The van der Waals surface area contributed by atoms with Gasteiger partial charge in [0.15, 0.2) is 11.5 Å². The Morgan fingerprint density at radius 1 is 1.35 bits per heavy atom. The first-order chi connectivity index (χ1) is 10.5. The van der Waals surface area contributed by atoms with Gasteiger partial charge in [-0.15, -0.1) is 0 Å². The van der Waals surface area contributed by atoms with Gasteiger partial charge in [0.25, 0.3) is 0 Å². The van der Waals surface area contributed by atoms with Crippen LogP contribution in [0.3, 0.4) is 0 Å². The first-order valence-corrected chi connectivity index (χ1v) is 7.60. The Morgan fingerprint density at radius 3 is 2.43 bits per heavy atom. The number of hydrogen-bond donors (Lipinski definition) is 3. The van der Waals surface area contributed by atoms with E-state index in [-0.39, 0.29) is 17.9 Å². The lowest BCUT2D eigenvalue weighted by atomic mass is 10.1. The van der Waals surface area contributed by atoms with Crippen LogP contribution in [-0.4, -0.2) is 41.0 Å². The van der Waals surface area contributed by atoms with E-state index >= 15 is 0 Å². The van der Waals surface area contributed by atoms with Gasteiger partial charge in [-0.1, -0.05) is 15.9 Å². The molecule has 0 saturated heterocycles. The third-order valence-electron chi connectivity index (χ3n) is 2.76. The fraction of sp³-hybridized carbons (Fsp3) is 0.467. The largest absolute Gasteiger partial charge is 0.504 e. The minimum atomic E-state index is -1.21. The van der Waals surface area contributed by atoms with Gasteiger partial charge >= 0.3 is 12.1 Å². The lowest BCUT2D eigenvalue weighted by molar-refractivity contribution is -0.139. The number of benzene rings is 1. The number of phenols is 1. The number of carboxylic acids is 1. The van der Waals surface area contributed by atoms with E-state index in [1.165, 1.54) is 19.2 Å². The van der Waals surface area contributed by atoms with Gasteiger partial charge in [0.05, 0.1) is 7.11 Å². The maximum atomic E-state index is 11.7. The topological polar surface area (TPSA) is 105 Å². The normalized spacial score (nSPS) is 12.4. The number of carboxylic acid groups (broad SMARTS) is 1. The summed E-state index contributed by atoms with van der Waals surface area (Å²) in [7, 11) is 1.41. The number of rotatable bonds is 5. The molecule has 0 fully saturated rings. The zero-order valence-corrected chi connectivity index (χ0v) is 14.9. The highest BCUT2D eigenvalue weighted by Crippen LogP contribution is 2.33. The van der Waals surface area contributed by atoms with Crippen LogP contribution in [0, 0.1) is 0 Å². The molecule has 0 aromatic heterocycles. The molecule has 0 heterocycles. The van der Waals surface area contributed by atoms with Gasteiger partial charge < -0.3 is 25.0 Å². The minimum Gasteiger partial charge on any atom is -0.504 e. The van der Waals surface area contributed by atoms with Crippen LogP contribution in [0.2, 0.25) is 0 Å². The molecule has 0 spiro atoms. The molecule has 0 aliphatic rings. The number of alkyl carbamates (subject to hydrolysis) is 1. The van der Waals surface area contributed by atoms with E-state index in [2.05, 4.69) is 21.2 Å². The number of carbonyl (C=O) groups excluding carboxylic acids is 1. The van der Waals surface area contributed by atoms with Crippen molar-refractivity contribution in [2.45, 2.75) is 38.8 Å². The summed E-state index contributed by atoms with van der Waals surface area (Å²) in [5, 5.41) is 21.4. The number of aliphatic carboxylic acids is 1. The number of methoxy groups -OCH3 is 1. The first kappa shape index (κ1) is 19.1. The van der Waals surface area contributed by atoms with Crippen molar-refractivity contribution in [2.75, 3.05) is 7.11 Å². The summed E-state index contributed by atoms with van der Waals surface area (Å²) in [5.41, 5.74) is -0.224. The summed E-state index contributed by atoms with van der Waals surface area (Å²) >= 11 is 3.29. The molecule has 3 N–H and O–H groups in total. The first-order valence-electron chi connectivity index (χ1n) is 6.81. The molecule has 7 nitrogen and oxygen atoms in total. The zero-order chi connectivity index (χ0) is 17.8. The highest BCUT2D eigenvalue weighted by Gasteiger charge is 2.25.